The second-order valence-corrected chi connectivity index (χ2v) is 10.4. The number of ether oxygens (including phenoxy) is 2. The average Bonchev–Trinajstić information content (AvgIpc) is 3.39. The van der Waals surface area contributed by atoms with Gasteiger partial charge in [-0.3, -0.25) is 0 Å². The molecule has 3 heterocycles. The number of fused-ring (bicyclic) bond motifs is 4. The third-order valence-corrected chi connectivity index (χ3v) is 8.02. The van der Waals surface area contributed by atoms with Crippen molar-refractivity contribution >= 4 is 32.8 Å². The maximum atomic E-state index is 13.7. The highest BCUT2D eigenvalue weighted by Gasteiger charge is 2.25. The van der Waals surface area contributed by atoms with Gasteiger partial charge in [0, 0.05) is 5.39 Å². The van der Waals surface area contributed by atoms with Gasteiger partial charge in [0.05, 0.1) is 42.2 Å². The van der Waals surface area contributed by atoms with E-state index in [2.05, 4.69) is 6.92 Å². The summed E-state index contributed by atoms with van der Waals surface area (Å²) in [5.41, 5.74) is 6.36. The normalized spacial score (nSPS) is 11.4. The first kappa shape index (κ1) is 26.5. The third kappa shape index (κ3) is 4.32. The smallest absolute Gasteiger partial charge is 0.345 e. The monoisotopic (exact) mass is 567 g/mol. The lowest BCUT2D eigenvalue weighted by atomic mass is 9.91. The van der Waals surface area contributed by atoms with Crippen LogP contribution in [0.1, 0.15) is 18.2 Å². The number of para-hydroxylation sites is 1. The summed E-state index contributed by atoms with van der Waals surface area (Å²) in [5.74, 6) is 1.49. The Hall–Kier alpha value is -5.43. The summed E-state index contributed by atoms with van der Waals surface area (Å²) in [4.78, 5) is 18.9. The number of hydrogen-bond acceptors (Lipinski definition) is 6. The quantitative estimate of drug-likeness (QED) is 0.150. The van der Waals surface area contributed by atoms with Crippen molar-refractivity contribution in [2.45, 2.75) is 20.3 Å². The van der Waals surface area contributed by atoms with Crippen LogP contribution in [0, 0.1) is 6.92 Å². The number of aromatic nitrogens is 3. The average molecular weight is 568 g/mol. The van der Waals surface area contributed by atoms with Crippen LogP contribution < -0.4 is 15.1 Å². The van der Waals surface area contributed by atoms with E-state index in [-0.39, 0.29) is 0 Å². The van der Waals surface area contributed by atoms with Gasteiger partial charge in [-0.25, -0.2) is 14.5 Å². The third-order valence-electron chi connectivity index (χ3n) is 8.02. The fourth-order valence-electron chi connectivity index (χ4n) is 5.94. The van der Waals surface area contributed by atoms with Crippen molar-refractivity contribution in [1.82, 2.24) is 14.8 Å². The standard InChI is InChI=1S/C36H29N3O4/c1-5-27-33(23-12-15-25(41-3)16-13-23)32-21(2)38-39(24-9-7-6-8-10-24)35(32)37-34(27)30-20-29-28-19-26(42-4)17-11-22(28)14-18-31(29)43-36(30)40/h6-20H,5H2,1-4H3. The molecule has 0 aliphatic carbocycles. The maximum Gasteiger partial charge on any atom is 0.345 e. The van der Waals surface area contributed by atoms with Crippen LogP contribution in [0.4, 0.5) is 0 Å². The second-order valence-electron chi connectivity index (χ2n) is 10.4. The van der Waals surface area contributed by atoms with Gasteiger partial charge < -0.3 is 13.9 Å². The molecule has 0 unspecified atom stereocenters. The highest BCUT2D eigenvalue weighted by atomic mass is 16.5. The van der Waals surface area contributed by atoms with E-state index in [1.54, 1.807) is 14.2 Å². The number of methoxy groups -OCH3 is 2. The highest BCUT2D eigenvalue weighted by Crippen LogP contribution is 2.40. The molecule has 43 heavy (non-hydrogen) atoms. The molecule has 3 aromatic heterocycles. The molecule has 7 aromatic rings. The first-order chi connectivity index (χ1) is 21.0. The van der Waals surface area contributed by atoms with Crippen molar-refractivity contribution in [3.05, 3.63) is 113 Å². The van der Waals surface area contributed by atoms with Crippen LogP contribution in [-0.2, 0) is 6.42 Å². The van der Waals surface area contributed by atoms with E-state index in [0.717, 1.165) is 61.1 Å². The molecule has 0 aliphatic rings. The summed E-state index contributed by atoms with van der Waals surface area (Å²) in [5, 5.41) is 8.64. The van der Waals surface area contributed by atoms with Crippen molar-refractivity contribution in [2.24, 2.45) is 0 Å². The number of pyridine rings is 1. The van der Waals surface area contributed by atoms with Gasteiger partial charge >= 0.3 is 5.63 Å². The second kappa shape index (κ2) is 10.4. The first-order valence-electron chi connectivity index (χ1n) is 14.2. The molecular formula is C36H29N3O4. The minimum absolute atomic E-state index is 0.398. The van der Waals surface area contributed by atoms with Crippen LogP contribution in [0.5, 0.6) is 11.5 Å². The predicted molar refractivity (Wildman–Crippen MR) is 171 cm³/mol. The van der Waals surface area contributed by atoms with Crippen LogP contribution in [-0.4, -0.2) is 29.0 Å². The first-order valence-corrected chi connectivity index (χ1v) is 14.2. The Labute approximate surface area is 247 Å². The summed E-state index contributed by atoms with van der Waals surface area (Å²) < 4.78 is 18.8. The number of nitrogens with zero attached hydrogens (tertiary/aromatic N) is 3. The van der Waals surface area contributed by atoms with Crippen LogP contribution in [0.3, 0.4) is 0 Å². The summed E-state index contributed by atoms with van der Waals surface area (Å²) >= 11 is 0. The Bertz CT molecular complexity index is 2220. The molecule has 0 amide bonds. The van der Waals surface area contributed by atoms with Crippen LogP contribution in [0.25, 0.3) is 60.8 Å². The Kier molecular flexibility index (Phi) is 6.43. The van der Waals surface area contributed by atoms with E-state index in [1.807, 2.05) is 103 Å². The fourth-order valence-corrected chi connectivity index (χ4v) is 5.94. The zero-order valence-corrected chi connectivity index (χ0v) is 24.3. The Morgan fingerprint density at radius 1 is 0.837 bits per heavy atom. The molecule has 0 saturated heterocycles. The van der Waals surface area contributed by atoms with Crippen molar-refractivity contribution < 1.29 is 13.9 Å². The Morgan fingerprint density at radius 3 is 2.28 bits per heavy atom. The predicted octanol–water partition coefficient (Wildman–Crippen LogP) is 7.90. The van der Waals surface area contributed by atoms with Crippen molar-refractivity contribution in [3.8, 4) is 39.6 Å². The lowest BCUT2D eigenvalue weighted by molar-refractivity contribution is 0.415. The van der Waals surface area contributed by atoms with E-state index in [9.17, 15) is 4.79 Å². The molecular weight excluding hydrogens is 538 g/mol. The number of benzene rings is 4. The summed E-state index contributed by atoms with van der Waals surface area (Å²) in [6.07, 6.45) is 0.635. The number of aryl methyl sites for hydroxylation is 1. The van der Waals surface area contributed by atoms with Gasteiger partial charge in [0.15, 0.2) is 5.65 Å². The largest absolute Gasteiger partial charge is 0.497 e. The van der Waals surface area contributed by atoms with E-state index in [0.29, 0.717) is 28.9 Å². The molecule has 7 heteroatoms. The molecule has 0 N–H and O–H groups in total. The molecule has 7 rings (SSSR count). The van der Waals surface area contributed by atoms with Gasteiger partial charge in [-0.05, 0) is 89.3 Å². The Morgan fingerprint density at radius 2 is 1.56 bits per heavy atom. The molecule has 4 aromatic carbocycles. The van der Waals surface area contributed by atoms with Gasteiger partial charge in [0.1, 0.15) is 17.1 Å². The molecule has 0 saturated carbocycles. The summed E-state index contributed by atoms with van der Waals surface area (Å²) in [6, 6.07) is 29.5. The molecule has 0 spiro atoms. The SMILES string of the molecule is CCc1c(-c2cc3c(ccc4ccc(OC)cc43)oc2=O)nc2c(c(C)nn2-c2ccccc2)c1-c1ccc(OC)cc1. The van der Waals surface area contributed by atoms with Crippen molar-refractivity contribution in [2.75, 3.05) is 14.2 Å². The van der Waals surface area contributed by atoms with E-state index in [1.165, 1.54) is 0 Å². The van der Waals surface area contributed by atoms with E-state index >= 15 is 0 Å². The van der Waals surface area contributed by atoms with Crippen molar-refractivity contribution in [1.29, 1.82) is 0 Å². The molecule has 7 nitrogen and oxygen atoms in total. The molecule has 0 bridgehead atoms. The molecule has 0 atom stereocenters. The summed E-state index contributed by atoms with van der Waals surface area (Å²) in [6.45, 7) is 4.08. The molecule has 0 fully saturated rings. The topological polar surface area (TPSA) is 79.4 Å². The van der Waals surface area contributed by atoms with Crippen molar-refractivity contribution in [3.63, 3.8) is 0 Å². The fraction of sp³-hybridized carbons (Fsp3) is 0.139. The van der Waals surface area contributed by atoms with Gasteiger partial charge in [0.2, 0.25) is 0 Å². The van der Waals surface area contributed by atoms with Crippen LogP contribution >= 0.6 is 0 Å². The number of hydrogen-bond donors (Lipinski definition) is 0. The van der Waals surface area contributed by atoms with E-state index < -0.39 is 5.63 Å². The minimum Gasteiger partial charge on any atom is -0.497 e. The molecule has 0 aliphatic heterocycles. The number of rotatable bonds is 6. The highest BCUT2D eigenvalue weighted by molar-refractivity contribution is 6.07. The zero-order valence-electron chi connectivity index (χ0n) is 24.3. The van der Waals surface area contributed by atoms with E-state index in [4.69, 9.17) is 24.0 Å². The lowest BCUT2D eigenvalue weighted by Gasteiger charge is -2.16. The molecule has 212 valence electrons. The Balaban J connectivity index is 1.60. The zero-order chi connectivity index (χ0) is 29.7. The maximum absolute atomic E-state index is 13.7. The molecule has 0 radical (unpaired) electrons. The van der Waals surface area contributed by atoms with Crippen LogP contribution in [0.15, 0.2) is 100 Å². The van der Waals surface area contributed by atoms with Gasteiger partial charge in [-0.15, -0.1) is 0 Å². The van der Waals surface area contributed by atoms with Gasteiger partial charge in [0.25, 0.3) is 0 Å². The minimum atomic E-state index is -0.445. The van der Waals surface area contributed by atoms with Gasteiger partial charge in [-0.1, -0.05) is 49.4 Å². The van der Waals surface area contributed by atoms with Gasteiger partial charge in [-0.2, -0.15) is 5.10 Å². The lowest BCUT2D eigenvalue weighted by Crippen LogP contribution is -2.09. The van der Waals surface area contributed by atoms with Crippen LogP contribution in [0.2, 0.25) is 0 Å². The summed E-state index contributed by atoms with van der Waals surface area (Å²) in [7, 11) is 3.30.